The number of aromatic nitrogens is 2. The Bertz CT molecular complexity index is 703. The molecule has 1 atom stereocenters. The number of imidazole rings is 1. The van der Waals surface area contributed by atoms with Gasteiger partial charge >= 0.3 is 0 Å². The average Bonchev–Trinajstić information content (AvgIpc) is 2.87. The molecule has 5 heteroatoms. The van der Waals surface area contributed by atoms with Gasteiger partial charge in [-0.2, -0.15) is 0 Å². The lowest BCUT2D eigenvalue weighted by Gasteiger charge is -2.24. The van der Waals surface area contributed by atoms with Crippen molar-refractivity contribution in [2.45, 2.75) is 32.9 Å². The van der Waals surface area contributed by atoms with Gasteiger partial charge in [0.15, 0.2) is 5.69 Å². The van der Waals surface area contributed by atoms with Crippen LogP contribution in [0.4, 0.5) is 0 Å². The minimum Gasteiger partial charge on any atom is -0.328 e. The predicted octanol–water partition coefficient (Wildman–Crippen LogP) is 3.60. The molecule has 0 spiro atoms. The van der Waals surface area contributed by atoms with Crippen LogP contribution >= 0.6 is 11.6 Å². The fourth-order valence-corrected chi connectivity index (χ4v) is 3.25. The molecule has 0 fully saturated rings. The molecule has 1 unspecified atom stereocenters. The van der Waals surface area contributed by atoms with Crippen LogP contribution in [-0.4, -0.2) is 27.4 Å². The van der Waals surface area contributed by atoms with Crippen LogP contribution in [0.1, 0.15) is 53.5 Å². The minimum absolute atomic E-state index is 0.0209. The molecule has 3 rings (SSSR count). The Morgan fingerprint density at radius 1 is 1.24 bits per heavy atom. The largest absolute Gasteiger partial charge is 0.328 e. The van der Waals surface area contributed by atoms with Gasteiger partial charge in [0.1, 0.15) is 5.82 Å². The summed E-state index contributed by atoms with van der Waals surface area (Å²) in [4.78, 5) is 18.7. The number of hydrogen-bond donors (Lipinski definition) is 0. The summed E-state index contributed by atoms with van der Waals surface area (Å²) in [5, 5.41) is 0.694. The Morgan fingerprint density at radius 3 is 2.43 bits per heavy atom. The number of fused-ring (bicyclic) bond motifs is 1. The zero-order chi connectivity index (χ0) is 15.3. The zero-order valence-corrected chi connectivity index (χ0v) is 13.3. The van der Waals surface area contributed by atoms with Crippen molar-refractivity contribution >= 4 is 17.5 Å². The number of amides is 1. The van der Waals surface area contributed by atoms with Crippen molar-refractivity contribution < 1.29 is 4.79 Å². The van der Waals surface area contributed by atoms with Gasteiger partial charge in [0.2, 0.25) is 0 Å². The van der Waals surface area contributed by atoms with Gasteiger partial charge in [-0.1, -0.05) is 23.7 Å². The second-order valence-electron chi connectivity index (χ2n) is 5.73. The van der Waals surface area contributed by atoms with Crippen LogP contribution in [0.15, 0.2) is 24.3 Å². The van der Waals surface area contributed by atoms with Crippen molar-refractivity contribution in [1.82, 2.24) is 14.5 Å². The number of aryl methyl sites for hydroxylation is 1. The maximum atomic E-state index is 12.5. The van der Waals surface area contributed by atoms with Crippen molar-refractivity contribution in [2.75, 3.05) is 7.05 Å². The molecule has 2 aromatic rings. The molecule has 2 heterocycles. The summed E-state index contributed by atoms with van der Waals surface area (Å²) in [6.07, 6.45) is 0. The van der Waals surface area contributed by atoms with E-state index in [9.17, 15) is 4.79 Å². The van der Waals surface area contributed by atoms with Crippen LogP contribution in [0.3, 0.4) is 0 Å². The van der Waals surface area contributed by atoms with E-state index < -0.39 is 0 Å². The predicted molar refractivity (Wildman–Crippen MR) is 82.7 cm³/mol. The maximum absolute atomic E-state index is 12.5. The van der Waals surface area contributed by atoms with E-state index in [1.807, 2.05) is 38.2 Å². The smallest absolute Gasteiger partial charge is 0.275 e. The summed E-state index contributed by atoms with van der Waals surface area (Å²) in [6, 6.07) is 7.81. The average molecular weight is 304 g/mol. The molecule has 0 N–H and O–H groups in total. The quantitative estimate of drug-likeness (QED) is 0.850. The van der Waals surface area contributed by atoms with Crippen LogP contribution in [0, 0.1) is 6.92 Å². The topological polar surface area (TPSA) is 38.1 Å². The van der Waals surface area contributed by atoms with E-state index in [0.29, 0.717) is 10.7 Å². The van der Waals surface area contributed by atoms with Gasteiger partial charge in [-0.3, -0.25) is 4.79 Å². The first kappa shape index (κ1) is 14.1. The Kier molecular flexibility index (Phi) is 3.29. The SMILES string of the molecule is Cc1nc2c(n1C(C)C)C(c1ccc(Cl)cc1)N(C)C2=O. The molecule has 0 radical (unpaired) electrons. The lowest BCUT2D eigenvalue weighted by atomic mass is 10.0. The first-order valence-electron chi connectivity index (χ1n) is 7.03. The van der Waals surface area contributed by atoms with Crippen LogP contribution < -0.4 is 0 Å². The number of benzene rings is 1. The van der Waals surface area contributed by atoms with Gasteiger partial charge in [0.25, 0.3) is 5.91 Å². The highest BCUT2D eigenvalue weighted by molar-refractivity contribution is 6.30. The van der Waals surface area contributed by atoms with Crippen LogP contribution in [0.25, 0.3) is 0 Å². The number of carbonyl (C=O) groups excluding carboxylic acids is 1. The van der Waals surface area contributed by atoms with E-state index in [1.165, 1.54) is 0 Å². The molecule has 1 amide bonds. The van der Waals surface area contributed by atoms with E-state index in [2.05, 4.69) is 23.4 Å². The molecule has 0 saturated carbocycles. The highest BCUT2D eigenvalue weighted by Gasteiger charge is 2.40. The summed E-state index contributed by atoms with van der Waals surface area (Å²) in [5.41, 5.74) is 2.61. The molecular weight excluding hydrogens is 286 g/mol. The lowest BCUT2D eigenvalue weighted by molar-refractivity contribution is 0.0786. The van der Waals surface area contributed by atoms with Crippen LogP contribution in [0.5, 0.6) is 0 Å². The van der Waals surface area contributed by atoms with Crippen molar-refractivity contribution in [2.24, 2.45) is 0 Å². The third kappa shape index (κ3) is 2.05. The van der Waals surface area contributed by atoms with Gasteiger partial charge in [-0.15, -0.1) is 0 Å². The Morgan fingerprint density at radius 2 is 1.86 bits per heavy atom. The first-order chi connectivity index (χ1) is 9.91. The second kappa shape index (κ2) is 4.88. The monoisotopic (exact) mass is 303 g/mol. The third-order valence-corrected chi connectivity index (χ3v) is 4.25. The van der Waals surface area contributed by atoms with Crippen LogP contribution in [0.2, 0.25) is 5.02 Å². The molecule has 0 saturated heterocycles. The molecule has 1 aliphatic heterocycles. The normalized spacial score (nSPS) is 17.7. The van der Waals surface area contributed by atoms with E-state index in [0.717, 1.165) is 17.1 Å². The summed E-state index contributed by atoms with van der Waals surface area (Å²) < 4.78 is 2.15. The van der Waals surface area contributed by atoms with Gasteiger partial charge < -0.3 is 9.47 Å². The van der Waals surface area contributed by atoms with Gasteiger partial charge in [0.05, 0.1) is 11.7 Å². The molecule has 1 aromatic heterocycles. The molecule has 0 bridgehead atoms. The zero-order valence-electron chi connectivity index (χ0n) is 12.6. The highest BCUT2D eigenvalue weighted by Crippen LogP contribution is 2.39. The Hall–Kier alpha value is -1.81. The summed E-state index contributed by atoms with van der Waals surface area (Å²) in [7, 11) is 1.82. The van der Waals surface area contributed by atoms with E-state index in [-0.39, 0.29) is 18.0 Å². The summed E-state index contributed by atoms with van der Waals surface area (Å²) in [6.45, 7) is 6.16. The Labute approximate surface area is 129 Å². The number of carbonyl (C=O) groups is 1. The fraction of sp³-hybridized carbons (Fsp3) is 0.375. The maximum Gasteiger partial charge on any atom is 0.275 e. The number of halogens is 1. The van der Waals surface area contributed by atoms with E-state index in [1.54, 1.807) is 4.90 Å². The second-order valence-corrected chi connectivity index (χ2v) is 6.16. The molecule has 4 nitrogen and oxygen atoms in total. The number of nitrogens with zero attached hydrogens (tertiary/aromatic N) is 3. The highest BCUT2D eigenvalue weighted by atomic mass is 35.5. The van der Waals surface area contributed by atoms with Crippen molar-refractivity contribution in [3.8, 4) is 0 Å². The van der Waals surface area contributed by atoms with Gasteiger partial charge in [-0.05, 0) is 38.5 Å². The minimum atomic E-state index is -0.103. The molecule has 1 aromatic carbocycles. The number of rotatable bonds is 2. The van der Waals surface area contributed by atoms with Crippen molar-refractivity contribution in [3.63, 3.8) is 0 Å². The van der Waals surface area contributed by atoms with E-state index in [4.69, 9.17) is 11.6 Å². The molecule has 0 aliphatic carbocycles. The standard InChI is InChI=1S/C16H18ClN3O/c1-9(2)20-10(3)18-13-15(20)14(19(4)16(13)21)11-5-7-12(17)8-6-11/h5-9,14H,1-4H3. The Balaban J connectivity index is 2.20. The summed E-state index contributed by atoms with van der Waals surface area (Å²) in [5.74, 6) is 0.864. The molecular formula is C16H18ClN3O. The van der Waals surface area contributed by atoms with Crippen molar-refractivity contribution in [1.29, 1.82) is 0 Å². The molecule has 1 aliphatic rings. The fourth-order valence-electron chi connectivity index (χ4n) is 3.13. The number of hydrogen-bond acceptors (Lipinski definition) is 2. The molecule has 110 valence electrons. The lowest BCUT2D eigenvalue weighted by Crippen LogP contribution is -2.26. The van der Waals surface area contributed by atoms with Gasteiger partial charge in [0, 0.05) is 18.1 Å². The van der Waals surface area contributed by atoms with Gasteiger partial charge in [-0.25, -0.2) is 4.98 Å². The molecule has 21 heavy (non-hydrogen) atoms. The van der Waals surface area contributed by atoms with E-state index >= 15 is 0 Å². The third-order valence-electron chi connectivity index (χ3n) is 4.00. The summed E-state index contributed by atoms with van der Waals surface area (Å²) >= 11 is 5.97. The first-order valence-corrected chi connectivity index (χ1v) is 7.41. The van der Waals surface area contributed by atoms with Crippen molar-refractivity contribution in [3.05, 3.63) is 52.1 Å². The van der Waals surface area contributed by atoms with Crippen LogP contribution in [-0.2, 0) is 0 Å².